The molecular formula is C22H31N2O2S+. The molecule has 0 amide bonds. The molecule has 3 rings (SSSR count). The van der Waals surface area contributed by atoms with E-state index in [0.29, 0.717) is 10.8 Å². The van der Waals surface area contributed by atoms with Gasteiger partial charge in [-0.1, -0.05) is 56.3 Å². The SMILES string of the molecule is CC(C)Cc1ccc(S(=O)(=O)NC2CC[NH+](Cc3ccccc3)CC2)cc1. The lowest BCUT2D eigenvalue weighted by Gasteiger charge is -2.29. The van der Waals surface area contributed by atoms with Crippen molar-refractivity contribution >= 4 is 10.0 Å². The third-order valence-electron chi connectivity index (χ3n) is 5.19. The number of sulfonamides is 1. The van der Waals surface area contributed by atoms with Gasteiger partial charge < -0.3 is 4.90 Å². The molecule has 1 fully saturated rings. The van der Waals surface area contributed by atoms with Crippen LogP contribution in [0.15, 0.2) is 59.5 Å². The summed E-state index contributed by atoms with van der Waals surface area (Å²) in [5, 5.41) is 0. The lowest BCUT2D eigenvalue weighted by atomic mass is 10.0. The Labute approximate surface area is 163 Å². The van der Waals surface area contributed by atoms with Crippen LogP contribution in [0.1, 0.15) is 37.8 Å². The molecule has 0 radical (unpaired) electrons. The number of hydrogen-bond acceptors (Lipinski definition) is 2. The zero-order valence-electron chi connectivity index (χ0n) is 16.3. The average Bonchev–Trinajstić information content (AvgIpc) is 2.64. The van der Waals surface area contributed by atoms with Crippen LogP contribution >= 0.6 is 0 Å². The number of nitrogens with one attached hydrogen (secondary N) is 2. The Morgan fingerprint density at radius 1 is 0.963 bits per heavy atom. The second-order valence-corrected chi connectivity index (χ2v) is 9.76. The van der Waals surface area contributed by atoms with Crippen molar-refractivity contribution in [1.29, 1.82) is 0 Å². The Morgan fingerprint density at radius 2 is 1.59 bits per heavy atom. The molecule has 2 aromatic carbocycles. The molecule has 146 valence electrons. The summed E-state index contributed by atoms with van der Waals surface area (Å²) in [6, 6.07) is 17.9. The summed E-state index contributed by atoms with van der Waals surface area (Å²) >= 11 is 0. The van der Waals surface area contributed by atoms with Gasteiger partial charge in [-0.3, -0.25) is 0 Å². The Hall–Kier alpha value is -1.69. The quantitative estimate of drug-likeness (QED) is 0.767. The van der Waals surface area contributed by atoms with Crippen molar-refractivity contribution in [3.05, 3.63) is 65.7 Å². The monoisotopic (exact) mass is 387 g/mol. The second kappa shape index (κ2) is 9.00. The molecule has 2 aromatic rings. The maximum atomic E-state index is 12.7. The summed E-state index contributed by atoms with van der Waals surface area (Å²) in [6.07, 6.45) is 2.73. The Kier molecular flexibility index (Phi) is 6.68. The van der Waals surface area contributed by atoms with Crippen LogP contribution < -0.4 is 9.62 Å². The molecule has 0 atom stereocenters. The maximum absolute atomic E-state index is 12.7. The van der Waals surface area contributed by atoms with Crippen LogP contribution in [-0.2, 0) is 23.0 Å². The first-order valence-corrected chi connectivity index (χ1v) is 11.4. The fourth-order valence-electron chi connectivity index (χ4n) is 3.77. The highest BCUT2D eigenvalue weighted by Crippen LogP contribution is 2.15. The minimum absolute atomic E-state index is 0.0323. The normalized spacial score (nSPS) is 20.7. The number of benzene rings is 2. The van der Waals surface area contributed by atoms with Gasteiger partial charge in [-0.2, -0.15) is 0 Å². The molecule has 1 aliphatic rings. The maximum Gasteiger partial charge on any atom is 0.240 e. The van der Waals surface area contributed by atoms with Gasteiger partial charge in [0, 0.05) is 24.4 Å². The first-order chi connectivity index (χ1) is 12.9. The lowest BCUT2D eigenvalue weighted by molar-refractivity contribution is -0.918. The van der Waals surface area contributed by atoms with E-state index in [0.717, 1.165) is 38.9 Å². The van der Waals surface area contributed by atoms with Gasteiger partial charge in [0.05, 0.1) is 18.0 Å². The smallest absolute Gasteiger partial charge is 0.240 e. The van der Waals surface area contributed by atoms with E-state index in [1.165, 1.54) is 16.0 Å². The van der Waals surface area contributed by atoms with Crippen LogP contribution in [0.25, 0.3) is 0 Å². The molecule has 0 aromatic heterocycles. The number of quaternary nitrogens is 1. The van der Waals surface area contributed by atoms with Gasteiger partial charge in [0.2, 0.25) is 10.0 Å². The van der Waals surface area contributed by atoms with E-state index in [1.54, 1.807) is 12.1 Å². The standard InChI is InChI=1S/C22H30N2O2S/c1-18(2)16-19-8-10-22(11-9-19)27(25,26)23-21-12-14-24(15-13-21)17-20-6-4-3-5-7-20/h3-11,18,21,23H,12-17H2,1-2H3/p+1. The summed E-state index contributed by atoms with van der Waals surface area (Å²) < 4.78 is 28.3. The molecule has 0 spiro atoms. The van der Waals surface area contributed by atoms with Crippen molar-refractivity contribution < 1.29 is 13.3 Å². The molecular weight excluding hydrogens is 356 g/mol. The lowest BCUT2D eigenvalue weighted by Crippen LogP contribution is -3.12. The van der Waals surface area contributed by atoms with E-state index in [-0.39, 0.29) is 6.04 Å². The van der Waals surface area contributed by atoms with Gasteiger partial charge >= 0.3 is 0 Å². The molecule has 0 aliphatic carbocycles. The molecule has 4 nitrogen and oxygen atoms in total. The average molecular weight is 388 g/mol. The molecule has 2 N–H and O–H groups in total. The van der Waals surface area contributed by atoms with Crippen LogP contribution in [0, 0.1) is 5.92 Å². The number of rotatable bonds is 7. The van der Waals surface area contributed by atoms with Crippen LogP contribution in [0.4, 0.5) is 0 Å². The van der Waals surface area contributed by atoms with Crippen molar-refractivity contribution in [3.63, 3.8) is 0 Å². The summed E-state index contributed by atoms with van der Waals surface area (Å²) in [5.74, 6) is 0.564. The summed E-state index contributed by atoms with van der Waals surface area (Å²) in [7, 11) is -3.44. The number of piperidine rings is 1. The highest BCUT2D eigenvalue weighted by Gasteiger charge is 2.26. The molecule has 1 aliphatic heterocycles. The van der Waals surface area contributed by atoms with E-state index >= 15 is 0 Å². The predicted molar refractivity (Wildman–Crippen MR) is 109 cm³/mol. The van der Waals surface area contributed by atoms with Gasteiger partial charge in [0.15, 0.2) is 0 Å². The topological polar surface area (TPSA) is 50.6 Å². The van der Waals surface area contributed by atoms with Gasteiger partial charge in [-0.15, -0.1) is 0 Å². The zero-order valence-corrected chi connectivity index (χ0v) is 17.1. The van der Waals surface area contributed by atoms with Crippen LogP contribution in [0.5, 0.6) is 0 Å². The van der Waals surface area contributed by atoms with E-state index < -0.39 is 10.0 Å². The molecule has 0 saturated carbocycles. The fraction of sp³-hybridized carbons (Fsp3) is 0.455. The fourth-order valence-corrected chi connectivity index (χ4v) is 5.07. The second-order valence-electron chi connectivity index (χ2n) is 8.05. The van der Waals surface area contributed by atoms with Crippen LogP contribution in [-0.4, -0.2) is 27.5 Å². The van der Waals surface area contributed by atoms with Crippen molar-refractivity contribution in [2.24, 2.45) is 5.92 Å². The molecule has 1 heterocycles. The van der Waals surface area contributed by atoms with Crippen molar-refractivity contribution in [2.45, 2.75) is 50.6 Å². The van der Waals surface area contributed by atoms with Gasteiger partial charge in [0.1, 0.15) is 6.54 Å². The van der Waals surface area contributed by atoms with E-state index in [1.807, 2.05) is 18.2 Å². The highest BCUT2D eigenvalue weighted by molar-refractivity contribution is 7.89. The zero-order chi connectivity index (χ0) is 19.3. The minimum atomic E-state index is -3.44. The third kappa shape index (κ3) is 5.89. The number of likely N-dealkylation sites (tertiary alicyclic amines) is 1. The van der Waals surface area contributed by atoms with Crippen LogP contribution in [0.2, 0.25) is 0 Å². The van der Waals surface area contributed by atoms with E-state index in [4.69, 9.17) is 0 Å². The van der Waals surface area contributed by atoms with Gasteiger partial charge in [-0.05, 0) is 30.0 Å². The first kappa shape index (κ1) is 20.1. The number of hydrogen-bond donors (Lipinski definition) is 2. The van der Waals surface area contributed by atoms with Gasteiger partial charge in [0.25, 0.3) is 0 Å². The third-order valence-corrected chi connectivity index (χ3v) is 6.73. The summed E-state index contributed by atoms with van der Waals surface area (Å²) in [4.78, 5) is 1.89. The molecule has 5 heteroatoms. The summed E-state index contributed by atoms with van der Waals surface area (Å²) in [5.41, 5.74) is 2.52. The minimum Gasteiger partial charge on any atom is -0.331 e. The summed E-state index contributed by atoms with van der Waals surface area (Å²) in [6.45, 7) is 7.33. The molecule has 0 unspecified atom stereocenters. The largest absolute Gasteiger partial charge is 0.331 e. The van der Waals surface area contributed by atoms with Crippen molar-refractivity contribution in [1.82, 2.24) is 4.72 Å². The molecule has 1 saturated heterocycles. The first-order valence-electron chi connectivity index (χ1n) is 9.91. The Bertz CT molecular complexity index is 809. The van der Waals surface area contributed by atoms with E-state index in [2.05, 4.69) is 42.8 Å². The van der Waals surface area contributed by atoms with Crippen molar-refractivity contribution in [2.75, 3.05) is 13.1 Å². The molecule has 27 heavy (non-hydrogen) atoms. The van der Waals surface area contributed by atoms with Crippen LogP contribution in [0.3, 0.4) is 0 Å². The Balaban J connectivity index is 1.53. The van der Waals surface area contributed by atoms with Crippen molar-refractivity contribution in [3.8, 4) is 0 Å². The Morgan fingerprint density at radius 3 is 2.19 bits per heavy atom. The molecule has 0 bridgehead atoms. The predicted octanol–water partition coefficient (Wildman–Crippen LogP) is 2.41. The van der Waals surface area contributed by atoms with E-state index in [9.17, 15) is 8.42 Å². The van der Waals surface area contributed by atoms with Gasteiger partial charge in [-0.25, -0.2) is 13.1 Å². The highest BCUT2D eigenvalue weighted by atomic mass is 32.2.